The van der Waals surface area contributed by atoms with Crippen LogP contribution in [-0.2, 0) is 16.4 Å². The molecule has 1 heterocycles. The Hall–Kier alpha value is -0.790. The van der Waals surface area contributed by atoms with E-state index in [0.717, 1.165) is 11.5 Å². The highest BCUT2D eigenvalue weighted by atomic mass is 79.9. The quantitative estimate of drug-likeness (QED) is 0.859. The van der Waals surface area contributed by atoms with E-state index in [2.05, 4.69) is 21.2 Å². The molecule has 0 aliphatic carbocycles. The van der Waals surface area contributed by atoms with Crippen LogP contribution in [0.5, 0.6) is 0 Å². The Morgan fingerprint density at radius 1 is 1.39 bits per heavy atom. The third-order valence-electron chi connectivity index (χ3n) is 2.61. The summed E-state index contributed by atoms with van der Waals surface area (Å²) in [6.07, 6.45) is 1.48. The van der Waals surface area contributed by atoms with Crippen molar-refractivity contribution in [1.82, 2.24) is 5.32 Å². The van der Waals surface area contributed by atoms with Gasteiger partial charge in [-0.1, -0.05) is 6.08 Å². The van der Waals surface area contributed by atoms with Crippen LogP contribution >= 0.6 is 15.9 Å². The van der Waals surface area contributed by atoms with E-state index in [0.29, 0.717) is 0 Å². The second-order valence-corrected chi connectivity index (χ2v) is 6.75. The van der Waals surface area contributed by atoms with Gasteiger partial charge in [0.1, 0.15) is 11.6 Å². The molecule has 2 rings (SSSR count). The van der Waals surface area contributed by atoms with Crippen LogP contribution < -0.4 is 5.32 Å². The lowest BCUT2D eigenvalue weighted by Crippen LogP contribution is -2.30. The van der Waals surface area contributed by atoms with Crippen LogP contribution in [0.1, 0.15) is 5.56 Å². The van der Waals surface area contributed by atoms with Crippen molar-refractivity contribution >= 4 is 25.8 Å². The number of benzene rings is 1. The lowest BCUT2D eigenvalue weighted by Gasteiger charge is -2.11. The highest BCUT2D eigenvalue weighted by molar-refractivity contribution is 9.10. The van der Waals surface area contributed by atoms with Gasteiger partial charge in [-0.05, 0) is 28.1 Å². The Kier molecular flexibility index (Phi) is 3.84. The van der Waals surface area contributed by atoms with Crippen molar-refractivity contribution < 1.29 is 17.2 Å². The summed E-state index contributed by atoms with van der Waals surface area (Å²) in [6, 6.07) is 2.03. The van der Waals surface area contributed by atoms with E-state index in [-0.39, 0.29) is 22.3 Å². The molecule has 98 valence electrons. The fourth-order valence-corrected chi connectivity index (χ4v) is 3.31. The van der Waals surface area contributed by atoms with E-state index in [4.69, 9.17) is 0 Å². The van der Waals surface area contributed by atoms with E-state index in [1.54, 1.807) is 0 Å². The lowest BCUT2D eigenvalue weighted by atomic mass is 10.2. The monoisotopic (exact) mass is 337 g/mol. The van der Waals surface area contributed by atoms with Gasteiger partial charge in [-0.25, -0.2) is 17.2 Å². The van der Waals surface area contributed by atoms with Gasteiger partial charge in [-0.15, -0.1) is 0 Å². The van der Waals surface area contributed by atoms with Gasteiger partial charge in [0.05, 0.1) is 10.2 Å². The first-order valence-corrected chi connectivity index (χ1v) is 7.66. The van der Waals surface area contributed by atoms with E-state index >= 15 is 0 Å². The van der Waals surface area contributed by atoms with Crippen molar-refractivity contribution in [3.63, 3.8) is 0 Å². The van der Waals surface area contributed by atoms with Gasteiger partial charge in [0.2, 0.25) is 0 Å². The summed E-state index contributed by atoms with van der Waals surface area (Å²) < 4.78 is 49.5. The Morgan fingerprint density at radius 2 is 2.11 bits per heavy atom. The van der Waals surface area contributed by atoms with Crippen molar-refractivity contribution in [3.8, 4) is 0 Å². The van der Waals surface area contributed by atoms with Crippen LogP contribution in [0.2, 0.25) is 0 Å². The van der Waals surface area contributed by atoms with E-state index in [1.165, 1.54) is 12.1 Å². The summed E-state index contributed by atoms with van der Waals surface area (Å²) in [5.74, 6) is -1.41. The fourth-order valence-electron chi connectivity index (χ4n) is 1.67. The topological polar surface area (TPSA) is 46.2 Å². The molecule has 0 bridgehead atoms. The number of hydrogen-bond donors (Lipinski definition) is 1. The van der Waals surface area contributed by atoms with E-state index in [9.17, 15) is 17.2 Å². The molecule has 0 amide bonds. The first-order valence-electron chi connectivity index (χ1n) is 5.16. The van der Waals surface area contributed by atoms with Gasteiger partial charge >= 0.3 is 0 Å². The van der Waals surface area contributed by atoms with Crippen molar-refractivity contribution in [2.24, 2.45) is 0 Å². The lowest BCUT2D eigenvalue weighted by molar-refractivity contribution is 0.523. The van der Waals surface area contributed by atoms with Crippen LogP contribution in [0, 0.1) is 11.6 Å². The van der Waals surface area contributed by atoms with Gasteiger partial charge in [0.15, 0.2) is 9.84 Å². The van der Waals surface area contributed by atoms with Gasteiger partial charge in [0, 0.05) is 23.6 Å². The zero-order valence-corrected chi connectivity index (χ0v) is 11.6. The molecule has 1 aromatic rings. The minimum absolute atomic E-state index is 0.0678. The molecule has 0 radical (unpaired) electrons. The number of sulfone groups is 1. The van der Waals surface area contributed by atoms with Crippen LogP contribution in [0.25, 0.3) is 0 Å². The van der Waals surface area contributed by atoms with Gasteiger partial charge in [-0.3, -0.25) is 0 Å². The molecular weight excluding hydrogens is 328 g/mol. The average molecular weight is 338 g/mol. The Morgan fingerprint density at radius 3 is 2.72 bits per heavy atom. The van der Waals surface area contributed by atoms with Gasteiger partial charge < -0.3 is 5.32 Å². The van der Waals surface area contributed by atoms with Crippen molar-refractivity contribution in [2.45, 2.75) is 12.6 Å². The molecule has 1 aliphatic rings. The number of halogens is 3. The van der Waals surface area contributed by atoms with E-state index in [1.807, 2.05) is 0 Å². The Labute approximate surface area is 112 Å². The maximum absolute atomic E-state index is 13.6. The molecular formula is C11H10BrF2NO2S. The standard InChI is InChI=1S/C11H10BrF2NO2S/c12-9-1-2-10(13)8(11(9)14)5-15-7-3-4-18(16,17)6-7/h1-4,7,15H,5-6H2. The molecule has 0 saturated heterocycles. The minimum atomic E-state index is -3.17. The zero-order valence-electron chi connectivity index (χ0n) is 9.16. The summed E-state index contributed by atoms with van der Waals surface area (Å²) in [7, 11) is -3.17. The number of hydrogen-bond acceptors (Lipinski definition) is 3. The predicted octanol–water partition coefficient (Wildman–Crippen LogP) is 2.13. The van der Waals surface area contributed by atoms with Crippen LogP contribution in [0.3, 0.4) is 0 Å². The summed E-state index contributed by atoms with van der Waals surface area (Å²) in [5, 5.41) is 3.90. The Balaban J connectivity index is 2.08. The number of nitrogens with one attached hydrogen (secondary N) is 1. The molecule has 0 saturated carbocycles. The van der Waals surface area contributed by atoms with E-state index < -0.39 is 27.5 Å². The average Bonchev–Trinajstić information content (AvgIpc) is 2.64. The molecule has 0 spiro atoms. The first kappa shape index (κ1) is 13.6. The summed E-state index contributed by atoms with van der Waals surface area (Å²) in [5.41, 5.74) is -0.109. The van der Waals surface area contributed by atoms with Crippen molar-refractivity contribution in [1.29, 1.82) is 0 Å². The molecule has 0 aromatic heterocycles. The second kappa shape index (κ2) is 5.07. The number of rotatable bonds is 3. The maximum Gasteiger partial charge on any atom is 0.173 e. The van der Waals surface area contributed by atoms with Crippen molar-refractivity contribution in [3.05, 3.63) is 45.3 Å². The van der Waals surface area contributed by atoms with Crippen LogP contribution in [-0.4, -0.2) is 20.2 Å². The molecule has 1 N–H and O–H groups in total. The third kappa shape index (κ3) is 2.96. The summed E-state index contributed by atoms with van der Waals surface area (Å²) in [4.78, 5) is 0. The molecule has 18 heavy (non-hydrogen) atoms. The smallest absolute Gasteiger partial charge is 0.173 e. The molecule has 1 aliphatic heterocycles. The predicted molar refractivity (Wildman–Crippen MR) is 67.6 cm³/mol. The summed E-state index contributed by atoms with van der Waals surface area (Å²) >= 11 is 2.97. The Bertz CT molecular complexity index is 601. The second-order valence-electron chi connectivity index (χ2n) is 3.97. The molecule has 0 fully saturated rings. The normalized spacial score (nSPS) is 21.4. The third-order valence-corrected chi connectivity index (χ3v) is 4.62. The van der Waals surface area contributed by atoms with Crippen LogP contribution in [0.4, 0.5) is 8.78 Å². The van der Waals surface area contributed by atoms with Gasteiger partial charge in [0.25, 0.3) is 0 Å². The highest BCUT2D eigenvalue weighted by Gasteiger charge is 2.22. The molecule has 3 nitrogen and oxygen atoms in total. The highest BCUT2D eigenvalue weighted by Crippen LogP contribution is 2.21. The molecule has 1 unspecified atom stereocenters. The largest absolute Gasteiger partial charge is 0.305 e. The zero-order chi connectivity index (χ0) is 13.3. The molecule has 7 heteroatoms. The first-order chi connectivity index (χ1) is 8.39. The fraction of sp³-hybridized carbons (Fsp3) is 0.273. The van der Waals surface area contributed by atoms with Gasteiger partial charge in [-0.2, -0.15) is 0 Å². The van der Waals surface area contributed by atoms with Crippen molar-refractivity contribution in [2.75, 3.05) is 5.75 Å². The van der Waals surface area contributed by atoms with Crippen LogP contribution in [0.15, 0.2) is 28.1 Å². The molecule has 1 atom stereocenters. The SMILES string of the molecule is O=S1(=O)C=CC(NCc2c(F)ccc(Br)c2F)C1. The summed E-state index contributed by atoms with van der Waals surface area (Å²) in [6.45, 7) is -0.0678. The maximum atomic E-state index is 13.6. The molecule has 1 aromatic carbocycles. The minimum Gasteiger partial charge on any atom is -0.305 e.